The molecule has 2 unspecified atom stereocenters. The van der Waals surface area contributed by atoms with E-state index in [0.29, 0.717) is 22.7 Å². The normalized spacial score (nSPS) is 12.8. The van der Waals surface area contributed by atoms with Crippen LogP contribution in [0, 0.1) is 11.6 Å². The van der Waals surface area contributed by atoms with E-state index in [2.05, 4.69) is 47.1 Å². The summed E-state index contributed by atoms with van der Waals surface area (Å²) >= 11 is 4.13. The third kappa shape index (κ3) is 6.84. The molecule has 0 aliphatic heterocycles. The molecule has 2 N–H and O–H groups in total. The highest BCUT2D eigenvalue weighted by atomic mass is 32.1. The molecule has 4 heterocycles. The average Bonchev–Trinajstić information content (AvgIpc) is 3.84. The molecule has 0 spiro atoms. The Labute approximate surface area is 281 Å². The third-order valence-corrected chi connectivity index (χ3v) is 11.1. The number of nitrogens with zero attached hydrogens (tertiary/aromatic N) is 3. The molecule has 4 aromatic heterocycles. The molecule has 46 heavy (non-hydrogen) atoms. The number of pyridine rings is 1. The van der Waals surface area contributed by atoms with E-state index in [1.54, 1.807) is 12.1 Å². The van der Waals surface area contributed by atoms with Crippen LogP contribution in [0.3, 0.4) is 0 Å². The Balaban J connectivity index is 1.24. The molecule has 0 aliphatic rings. The van der Waals surface area contributed by atoms with E-state index >= 15 is 8.78 Å². The minimum atomic E-state index is -0.261. The van der Waals surface area contributed by atoms with Gasteiger partial charge in [-0.15, -0.1) is 22.7 Å². The lowest BCUT2D eigenvalue weighted by Gasteiger charge is -2.18. The highest BCUT2D eigenvalue weighted by Crippen LogP contribution is 2.42. The molecule has 0 amide bonds. The van der Waals surface area contributed by atoms with Crippen molar-refractivity contribution in [3.05, 3.63) is 78.5 Å². The smallest absolute Gasteiger partial charge is 0.133 e. The maximum Gasteiger partial charge on any atom is 0.133 e. The molecular formula is C36H37F2N5S3. The Morgan fingerprint density at radius 2 is 1.28 bits per heavy atom. The number of fused-ring (bicyclic) bond motifs is 1. The standard InChI is InChI=1S/C36H37F2N5S3/c1-5-8-9-22(7-3)41-24-11-13-26(29(38)19-24)31-16-17-33(45-31)35-36-34(42-46-43-36)27(20-39-35)32-15-14-30(44-32)25-12-10-23(18-28(25)37)40-21(4)6-2/h10-22,40-41H,5-9H2,1-4H3. The van der Waals surface area contributed by atoms with E-state index in [1.165, 1.54) is 22.7 Å². The van der Waals surface area contributed by atoms with Crippen molar-refractivity contribution in [3.8, 4) is 41.9 Å². The van der Waals surface area contributed by atoms with Crippen LogP contribution in [0.15, 0.2) is 66.9 Å². The van der Waals surface area contributed by atoms with Gasteiger partial charge in [0, 0.05) is 61.0 Å². The molecule has 2 atom stereocenters. The van der Waals surface area contributed by atoms with Gasteiger partial charge >= 0.3 is 0 Å². The molecule has 6 rings (SSSR count). The summed E-state index contributed by atoms with van der Waals surface area (Å²) in [5.41, 5.74) is 5.74. The van der Waals surface area contributed by atoms with Gasteiger partial charge in [-0.25, -0.2) is 8.78 Å². The lowest BCUT2D eigenvalue weighted by Crippen LogP contribution is -2.18. The topological polar surface area (TPSA) is 62.7 Å². The lowest BCUT2D eigenvalue weighted by molar-refractivity contribution is 0.591. The monoisotopic (exact) mass is 673 g/mol. The third-order valence-electron chi connectivity index (χ3n) is 8.27. The summed E-state index contributed by atoms with van der Waals surface area (Å²) < 4.78 is 39.7. The van der Waals surface area contributed by atoms with Crippen molar-refractivity contribution in [2.75, 3.05) is 10.6 Å². The van der Waals surface area contributed by atoms with Crippen molar-refractivity contribution < 1.29 is 8.78 Å². The largest absolute Gasteiger partial charge is 0.383 e. The minimum absolute atomic E-state index is 0.251. The highest BCUT2D eigenvalue weighted by Gasteiger charge is 2.19. The van der Waals surface area contributed by atoms with Crippen LogP contribution in [0.5, 0.6) is 0 Å². The number of anilines is 2. The van der Waals surface area contributed by atoms with E-state index in [4.69, 9.17) is 4.98 Å². The number of nitrogens with one attached hydrogen (secondary N) is 2. The van der Waals surface area contributed by atoms with Crippen LogP contribution in [0.4, 0.5) is 20.2 Å². The van der Waals surface area contributed by atoms with Gasteiger partial charge in [0.25, 0.3) is 0 Å². The maximum atomic E-state index is 15.3. The molecule has 0 saturated carbocycles. The number of hydrogen-bond acceptors (Lipinski definition) is 8. The van der Waals surface area contributed by atoms with Crippen LogP contribution in [-0.4, -0.2) is 25.8 Å². The quantitative estimate of drug-likeness (QED) is 0.128. The van der Waals surface area contributed by atoms with Crippen LogP contribution < -0.4 is 10.6 Å². The first-order valence-electron chi connectivity index (χ1n) is 15.8. The van der Waals surface area contributed by atoms with Gasteiger partial charge in [0.2, 0.25) is 0 Å². The van der Waals surface area contributed by atoms with Crippen molar-refractivity contribution in [3.63, 3.8) is 0 Å². The Bertz CT molecular complexity index is 1950. The number of unbranched alkanes of at least 4 members (excludes halogenated alkanes) is 1. The fourth-order valence-electron chi connectivity index (χ4n) is 5.43. The van der Waals surface area contributed by atoms with Crippen LogP contribution in [0.1, 0.15) is 59.8 Å². The number of rotatable bonds is 13. The summed E-state index contributed by atoms with van der Waals surface area (Å²) in [5.74, 6) is -0.512. The van der Waals surface area contributed by atoms with Crippen LogP contribution in [-0.2, 0) is 0 Å². The van der Waals surface area contributed by atoms with E-state index in [9.17, 15) is 0 Å². The molecule has 0 fully saturated rings. The van der Waals surface area contributed by atoms with Gasteiger partial charge < -0.3 is 10.6 Å². The van der Waals surface area contributed by atoms with Crippen molar-refractivity contribution in [1.82, 2.24) is 13.7 Å². The second kappa shape index (κ2) is 14.4. The number of benzene rings is 2. The average molecular weight is 674 g/mol. The molecule has 0 bridgehead atoms. The lowest BCUT2D eigenvalue weighted by atomic mass is 10.1. The van der Waals surface area contributed by atoms with Crippen LogP contribution in [0.2, 0.25) is 0 Å². The number of halogens is 2. The number of aromatic nitrogens is 3. The van der Waals surface area contributed by atoms with Gasteiger partial charge in [0.15, 0.2) is 0 Å². The molecular weight excluding hydrogens is 637 g/mol. The molecule has 0 radical (unpaired) electrons. The fraction of sp³-hybridized carbons (Fsp3) is 0.306. The summed E-state index contributed by atoms with van der Waals surface area (Å²) in [6, 6.07) is 19.2. The Morgan fingerprint density at radius 1 is 0.696 bits per heavy atom. The van der Waals surface area contributed by atoms with E-state index in [0.717, 1.165) is 91.5 Å². The number of hydrogen-bond donors (Lipinski definition) is 2. The summed E-state index contributed by atoms with van der Waals surface area (Å²) in [4.78, 5) is 8.31. The fourth-order valence-corrected chi connectivity index (χ4v) is 8.07. The van der Waals surface area contributed by atoms with Crippen molar-refractivity contribution in [2.45, 2.75) is 71.9 Å². The first kappa shape index (κ1) is 32.2. The van der Waals surface area contributed by atoms with Gasteiger partial charge in [-0.3, -0.25) is 4.98 Å². The predicted molar refractivity (Wildman–Crippen MR) is 193 cm³/mol. The summed E-state index contributed by atoms with van der Waals surface area (Å²) in [5, 5.41) is 6.82. The van der Waals surface area contributed by atoms with Gasteiger partial charge in [0.1, 0.15) is 28.4 Å². The molecule has 5 nitrogen and oxygen atoms in total. The van der Waals surface area contributed by atoms with Gasteiger partial charge in [-0.1, -0.05) is 33.6 Å². The molecule has 6 aromatic rings. The van der Waals surface area contributed by atoms with Gasteiger partial charge in [-0.05, 0) is 86.8 Å². The maximum absolute atomic E-state index is 15.3. The molecule has 10 heteroatoms. The van der Waals surface area contributed by atoms with E-state index < -0.39 is 0 Å². The zero-order chi connectivity index (χ0) is 32.2. The van der Waals surface area contributed by atoms with E-state index in [1.807, 2.05) is 54.7 Å². The zero-order valence-corrected chi connectivity index (χ0v) is 28.8. The second-order valence-corrected chi connectivity index (χ2v) is 14.2. The zero-order valence-electron chi connectivity index (χ0n) is 26.4. The molecule has 2 aromatic carbocycles. The van der Waals surface area contributed by atoms with Crippen LogP contribution in [0.25, 0.3) is 52.9 Å². The number of thiophene rings is 2. The Hall–Kier alpha value is -3.73. The van der Waals surface area contributed by atoms with Crippen molar-refractivity contribution >= 4 is 56.8 Å². The van der Waals surface area contributed by atoms with Crippen LogP contribution >= 0.6 is 34.4 Å². The summed E-state index contributed by atoms with van der Waals surface area (Å²) in [6.07, 6.45) is 7.15. The summed E-state index contributed by atoms with van der Waals surface area (Å²) in [6.45, 7) is 8.52. The molecule has 0 saturated heterocycles. The predicted octanol–water partition coefficient (Wildman–Crippen LogP) is 11.7. The molecule has 0 aliphatic carbocycles. The van der Waals surface area contributed by atoms with E-state index in [-0.39, 0.29) is 17.7 Å². The first-order valence-corrected chi connectivity index (χ1v) is 18.2. The first-order chi connectivity index (χ1) is 22.4. The minimum Gasteiger partial charge on any atom is -0.383 e. The molecule has 238 valence electrons. The van der Waals surface area contributed by atoms with Gasteiger partial charge in [-0.2, -0.15) is 8.75 Å². The van der Waals surface area contributed by atoms with Crippen molar-refractivity contribution in [2.24, 2.45) is 0 Å². The SMILES string of the molecule is CCCCC(CC)Nc1ccc(-c2ccc(-c3ncc(-c4ccc(-c5ccc(NC(C)CC)cc5F)s4)c4nsnc34)s2)c(F)c1. The summed E-state index contributed by atoms with van der Waals surface area (Å²) in [7, 11) is 0. The highest BCUT2D eigenvalue weighted by molar-refractivity contribution is 7.19. The Morgan fingerprint density at radius 3 is 1.89 bits per heavy atom. The van der Waals surface area contributed by atoms with Gasteiger partial charge in [0.05, 0.1) is 16.6 Å². The Kier molecular flexibility index (Phi) is 10.1. The second-order valence-electron chi connectivity index (χ2n) is 11.5. The van der Waals surface area contributed by atoms with Crippen molar-refractivity contribution in [1.29, 1.82) is 0 Å².